The molecule has 3 nitrogen and oxygen atoms in total. The zero-order valence-corrected chi connectivity index (χ0v) is 11.2. The van der Waals surface area contributed by atoms with Gasteiger partial charge in [-0.3, -0.25) is 4.90 Å². The Bertz CT molecular complexity index is 464. The Morgan fingerprint density at radius 1 is 1.53 bits per heavy atom. The van der Waals surface area contributed by atoms with Crippen molar-refractivity contribution in [2.45, 2.75) is 32.4 Å². The van der Waals surface area contributed by atoms with E-state index in [0.29, 0.717) is 17.7 Å². The number of hydrogen-bond donors (Lipinski definition) is 0. The highest BCUT2D eigenvalue weighted by Gasteiger charge is 2.19. The Hall–Kier alpha value is -1.44. The molecule has 0 N–H and O–H groups in total. The van der Waals surface area contributed by atoms with Crippen LogP contribution in [0.4, 0.5) is 4.39 Å². The molecule has 0 saturated carbocycles. The zero-order chi connectivity index (χ0) is 13.7. The maximum atomic E-state index is 13.7. The molecule has 0 aliphatic carbocycles. The van der Waals surface area contributed by atoms with E-state index < -0.39 is 0 Å². The fraction of sp³-hybridized carbons (Fsp3) is 0.533. The van der Waals surface area contributed by atoms with E-state index in [2.05, 4.69) is 11.8 Å². The first kappa shape index (κ1) is 14.0. The number of ether oxygens (including phenoxy) is 1. The highest BCUT2D eigenvalue weighted by Crippen LogP contribution is 2.17. The van der Waals surface area contributed by atoms with Gasteiger partial charge in [-0.25, -0.2) is 4.39 Å². The lowest BCUT2D eigenvalue weighted by Gasteiger charge is -2.23. The van der Waals surface area contributed by atoms with E-state index >= 15 is 0 Å². The van der Waals surface area contributed by atoms with Crippen LogP contribution >= 0.6 is 0 Å². The Morgan fingerprint density at radius 2 is 2.37 bits per heavy atom. The molecule has 2 rings (SSSR count). The van der Waals surface area contributed by atoms with Crippen molar-refractivity contribution in [1.82, 2.24) is 4.90 Å². The minimum absolute atomic E-state index is 0.246. The molecule has 1 aromatic carbocycles. The summed E-state index contributed by atoms with van der Waals surface area (Å²) in [6.45, 7) is 5.09. The number of nitrogens with zero attached hydrogens (tertiary/aromatic N) is 2. The molecule has 0 spiro atoms. The topological polar surface area (TPSA) is 36.3 Å². The standard InChI is InChI=1S/C15H19FN2O/c1-2-18(11-14-4-3-7-19-14)10-13-8-12(9-17)5-6-15(13)16/h5-6,8,14H,2-4,7,10-11H2,1H3. The highest BCUT2D eigenvalue weighted by atomic mass is 19.1. The fourth-order valence-corrected chi connectivity index (χ4v) is 2.39. The second kappa shape index (κ2) is 6.65. The molecule has 0 aromatic heterocycles. The lowest BCUT2D eigenvalue weighted by atomic mass is 10.1. The molecule has 1 fully saturated rings. The van der Waals surface area contributed by atoms with Crippen LogP contribution in [-0.4, -0.2) is 30.7 Å². The van der Waals surface area contributed by atoms with Crippen LogP contribution in [0.15, 0.2) is 18.2 Å². The van der Waals surface area contributed by atoms with E-state index in [0.717, 1.165) is 32.5 Å². The second-order valence-corrected chi connectivity index (χ2v) is 4.88. The lowest BCUT2D eigenvalue weighted by Crippen LogP contribution is -2.32. The van der Waals surface area contributed by atoms with Gasteiger partial charge in [-0.1, -0.05) is 6.92 Å². The van der Waals surface area contributed by atoms with Gasteiger partial charge in [-0.05, 0) is 37.6 Å². The largest absolute Gasteiger partial charge is 0.377 e. The average Bonchev–Trinajstić information content (AvgIpc) is 2.93. The third kappa shape index (κ3) is 3.76. The predicted octanol–water partition coefficient (Wildman–Crippen LogP) is 2.70. The van der Waals surface area contributed by atoms with Crippen molar-refractivity contribution in [3.63, 3.8) is 0 Å². The van der Waals surface area contributed by atoms with Gasteiger partial charge in [-0.2, -0.15) is 5.26 Å². The van der Waals surface area contributed by atoms with Crippen LogP contribution in [0.3, 0.4) is 0 Å². The van der Waals surface area contributed by atoms with Gasteiger partial charge in [0.1, 0.15) is 5.82 Å². The SMILES string of the molecule is CCN(Cc1cc(C#N)ccc1F)CC1CCCO1. The molecule has 1 unspecified atom stereocenters. The van der Waals surface area contributed by atoms with Crippen LogP contribution in [-0.2, 0) is 11.3 Å². The Balaban J connectivity index is 2.02. The van der Waals surface area contributed by atoms with Gasteiger partial charge in [0.15, 0.2) is 0 Å². The van der Waals surface area contributed by atoms with Gasteiger partial charge in [0.05, 0.1) is 17.7 Å². The summed E-state index contributed by atoms with van der Waals surface area (Å²) in [6, 6.07) is 6.56. The summed E-state index contributed by atoms with van der Waals surface area (Å²) in [5, 5.41) is 8.87. The Labute approximate surface area is 113 Å². The third-order valence-corrected chi connectivity index (χ3v) is 3.50. The van der Waals surface area contributed by atoms with Crippen molar-refractivity contribution in [2.75, 3.05) is 19.7 Å². The first-order valence-electron chi connectivity index (χ1n) is 6.75. The van der Waals surface area contributed by atoms with Crippen molar-refractivity contribution in [1.29, 1.82) is 5.26 Å². The van der Waals surface area contributed by atoms with Crippen LogP contribution in [0.25, 0.3) is 0 Å². The molecule has 1 atom stereocenters. The Morgan fingerprint density at radius 3 is 3.00 bits per heavy atom. The third-order valence-electron chi connectivity index (χ3n) is 3.50. The zero-order valence-electron chi connectivity index (χ0n) is 11.2. The molecule has 0 bridgehead atoms. The van der Waals surface area contributed by atoms with Gasteiger partial charge < -0.3 is 4.74 Å². The molecule has 1 aliphatic rings. The fourth-order valence-electron chi connectivity index (χ4n) is 2.39. The highest BCUT2D eigenvalue weighted by molar-refractivity contribution is 5.33. The van der Waals surface area contributed by atoms with E-state index in [-0.39, 0.29) is 11.9 Å². The molecule has 4 heteroatoms. The molecule has 102 valence electrons. The summed E-state index contributed by atoms with van der Waals surface area (Å²) in [6.07, 6.45) is 2.46. The number of benzene rings is 1. The van der Waals surface area contributed by atoms with E-state index in [9.17, 15) is 4.39 Å². The molecule has 19 heavy (non-hydrogen) atoms. The molecule has 1 aromatic rings. The van der Waals surface area contributed by atoms with Gasteiger partial charge in [0.2, 0.25) is 0 Å². The summed E-state index contributed by atoms with van der Waals surface area (Å²) in [5.74, 6) is -0.246. The van der Waals surface area contributed by atoms with Crippen molar-refractivity contribution in [3.8, 4) is 6.07 Å². The van der Waals surface area contributed by atoms with Crippen molar-refractivity contribution in [3.05, 3.63) is 35.1 Å². The van der Waals surface area contributed by atoms with Gasteiger partial charge in [0, 0.05) is 25.3 Å². The van der Waals surface area contributed by atoms with Gasteiger partial charge in [0.25, 0.3) is 0 Å². The summed E-state index contributed by atoms with van der Waals surface area (Å²) < 4.78 is 19.4. The smallest absolute Gasteiger partial charge is 0.127 e. The molecular weight excluding hydrogens is 243 g/mol. The predicted molar refractivity (Wildman–Crippen MR) is 71.0 cm³/mol. The number of likely N-dealkylation sites (N-methyl/N-ethyl adjacent to an activating group) is 1. The summed E-state index contributed by atoms with van der Waals surface area (Å²) in [5.41, 5.74) is 1.09. The molecule has 1 heterocycles. The molecule has 0 radical (unpaired) electrons. The minimum atomic E-state index is -0.246. The Kier molecular flexibility index (Phi) is 4.89. The molecule has 1 aliphatic heterocycles. The first-order valence-corrected chi connectivity index (χ1v) is 6.75. The average molecular weight is 262 g/mol. The number of nitriles is 1. The minimum Gasteiger partial charge on any atom is -0.377 e. The maximum Gasteiger partial charge on any atom is 0.127 e. The summed E-state index contributed by atoms with van der Waals surface area (Å²) >= 11 is 0. The van der Waals surface area contributed by atoms with Crippen LogP contribution in [0.5, 0.6) is 0 Å². The van der Waals surface area contributed by atoms with E-state index in [1.807, 2.05) is 6.07 Å². The van der Waals surface area contributed by atoms with Crippen molar-refractivity contribution >= 4 is 0 Å². The van der Waals surface area contributed by atoms with Gasteiger partial charge >= 0.3 is 0 Å². The van der Waals surface area contributed by atoms with Crippen molar-refractivity contribution < 1.29 is 9.13 Å². The van der Waals surface area contributed by atoms with Crippen molar-refractivity contribution in [2.24, 2.45) is 0 Å². The summed E-state index contributed by atoms with van der Waals surface area (Å²) in [7, 11) is 0. The van der Waals surface area contributed by atoms with Crippen LogP contribution < -0.4 is 0 Å². The number of rotatable bonds is 5. The first-order chi connectivity index (χ1) is 9.22. The summed E-state index contributed by atoms with van der Waals surface area (Å²) in [4.78, 5) is 2.16. The number of hydrogen-bond acceptors (Lipinski definition) is 3. The maximum absolute atomic E-state index is 13.7. The number of halogens is 1. The van der Waals surface area contributed by atoms with Crippen LogP contribution in [0.2, 0.25) is 0 Å². The van der Waals surface area contributed by atoms with E-state index in [1.165, 1.54) is 12.1 Å². The monoisotopic (exact) mass is 262 g/mol. The normalized spacial score (nSPS) is 18.7. The van der Waals surface area contributed by atoms with Gasteiger partial charge in [-0.15, -0.1) is 0 Å². The van der Waals surface area contributed by atoms with E-state index in [1.54, 1.807) is 6.07 Å². The lowest BCUT2D eigenvalue weighted by molar-refractivity contribution is 0.0721. The second-order valence-electron chi connectivity index (χ2n) is 4.88. The molecule has 0 amide bonds. The molecule has 1 saturated heterocycles. The quantitative estimate of drug-likeness (QED) is 0.818. The van der Waals surface area contributed by atoms with Crippen LogP contribution in [0.1, 0.15) is 30.9 Å². The molecular formula is C15H19FN2O. The van der Waals surface area contributed by atoms with E-state index in [4.69, 9.17) is 10.00 Å². The van der Waals surface area contributed by atoms with Crippen LogP contribution in [0, 0.1) is 17.1 Å².